The summed E-state index contributed by atoms with van der Waals surface area (Å²) in [5, 5.41) is 0.486. The van der Waals surface area contributed by atoms with E-state index in [9.17, 15) is 19.2 Å². The number of benzene rings is 2. The van der Waals surface area contributed by atoms with E-state index in [1.54, 1.807) is 55.8 Å². The van der Waals surface area contributed by atoms with Gasteiger partial charge in [-0.2, -0.15) is 0 Å². The number of ether oxygens (including phenoxy) is 4. The first kappa shape index (κ1) is 35.5. The average Bonchev–Trinajstić information content (AvgIpc) is 3.43. The maximum absolute atomic E-state index is 13.3. The van der Waals surface area contributed by atoms with Crippen molar-refractivity contribution in [2.45, 2.75) is 58.3 Å². The highest BCUT2D eigenvalue weighted by atomic mass is 16.5. The van der Waals surface area contributed by atoms with Crippen LogP contribution in [0.5, 0.6) is 17.2 Å². The number of carbonyl (C=O) groups excluding carboxylic acids is 4. The monoisotopic (exact) mass is 657 g/mol. The number of fused-ring (bicyclic) bond motifs is 1. The van der Waals surface area contributed by atoms with Gasteiger partial charge in [0.1, 0.15) is 23.0 Å². The first-order valence-electron chi connectivity index (χ1n) is 16.7. The van der Waals surface area contributed by atoms with E-state index in [1.807, 2.05) is 25.1 Å². The van der Waals surface area contributed by atoms with Crippen molar-refractivity contribution in [2.24, 2.45) is 23.7 Å². The van der Waals surface area contributed by atoms with Crippen LogP contribution in [0.4, 0.5) is 0 Å². The molecule has 8 nitrogen and oxygen atoms in total. The van der Waals surface area contributed by atoms with Crippen molar-refractivity contribution in [2.75, 3.05) is 0 Å². The molecule has 0 amide bonds. The van der Waals surface area contributed by atoms with Crippen LogP contribution in [0.3, 0.4) is 0 Å². The summed E-state index contributed by atoms with van der Waals surface area (Å²) < 4.78 is 22.8. The number of allylic oxidation sites excluding steroid dienone is 6. The number of rotatable bonds is 11. The van der Waals surface area contributed by atoms with Crippen LogP contribution in [0.1, 0.15) is 63.9 Å². The molecule has 2 fully saturated rings. The highest BCUT2D eigenvalue weighted by Gasteiger charge is 2.35. The highest BCUT2D eigenvalue weighted by Crippen LogP contribution is 2.37. The van der Waals surface area contributed by atoms with Gasteiger partial charge in [0, 0.05) is 5.56 Å². The molecule has 0 bridgehead atoms. The second-order valence-corrected chi connectivity index (χ2v) is 12.6. The van der Waals surface area contributed by atoms with Crippen molar-refractivity contribution < 1.29 is 38.1 Å². The lowest BCUT2D eigenvalue weighted by Crippen LogP contribution is -2.31. The molecular formula is C39H39B2O8. The first-order chi connectivity index (χ1) is 23.7. The smallest absolute Gasteiger partial charge is 0.314 e. The van der Waals surface area contributed by atoms with Gasteiger partial charge >= 0.3 is 23.9 Å². The van der Waals surface area contributed by atoms with Crippen LogP contribution >= 0.6 is 0 Å². The third kappa shape index (κ3) is 8.79. The number of hydrogen-bond acceptors (Lipinski definition) is 8. The molecule has 0 saturated heterocycles. The fourth-order valence-electron chi connectivity index (χ4n) is 6.47. The second kappa shape index (κ2) is 16.5. The Morgan fingerprint density at radius 3 is 1.78 bits per heavy atom. The SMILES string of the molecule is [B]C1=C(C)c2c(OC(=O)C3CCC(C(=O)Oc4ccccc4)CC3)ccc(OC(=O)C3CCC(C(=O)O/C(C=C)=C/C=C\C=C)CC3)c2[B]1. The molecule has 1 aliphatic heterocycles. The molecule has 0 N–H and O–H groups in total. The summed E-state index contributed by atoms with van der Waals surface area (Å²) in [5.41, 5.74) is 1.90. The molecule has 3 aliphatic rings. The number of hydrogen-bond donors (Lipinski definition) is 0. The Morgan fingerprint density at radius 1 is 0.714 bits per heavy atom. The summed E-state index contributed by atoms with van der Waals surface area (Å²) in [4.78, 5) is 51.9. The van der Waals surface area contributed by atoms with E-state index in [2.05, 4.69) is 13.2 Å². The fraction of sp³-hybridized carbons (Fsp3) is 0.333. The Balaban J connectivity index is 1.16. The van der Waals surface area contributed by atoms with Crippen LogP contribution in [0.25, 0.3) is 5.57 Å². The molecule has 49 heavy (non-hydrogen) atoms. The number of para-hydroxylation sites is 1. The molecule has 0 atom stereocenters. The molecule has 2 aromatic carbocycles. The van der Waals surface area contributed by atoms with E-state index in [4.69, 9.17) is 26.8 Å². The summed E-state index contributed by atoms with van der Waals surface area (Å²) in [7, 11) is 7.99. The van der Waals surface area contributed by atoms with Crippen molar-refractivity contribution in [1.29, 1.82) is 0 Å². The van der Waals surface area contributed by atoms with E-state index in [0.717, 1.165) is 5.57 Å². The van der Waals surface area contributed by atoms with Crippen LogP contribution in [-0.2, 0) is 23.9 Å². The summed E-state index contributed by atoms with van der Waals surface area (Å²) in [6.45, 7) is 9.12. The maximum Gasteiger partial charge on any atom is 0.314 e. The topological polar surface area (TPSA) is 105 Å². The maximum atomic E-state index is 13.3. The van der Waals surface area contributed by atoms with Crippen LogP contribution in [-0.4, -0.2) is 39.0 Å². The predicted octanol–water partition coefficient (Wildman–Crippen LogP) is 6.27. The number of esters is 4. The Bertz CT molecular complexity index is 1690. The zero-order valence-electron chi connectivity index (χ0n) is 27.7. The van der Waals surface area contributed by atoms with Crippen LogP contribution < -0.4 is 19.7 Å². The van der Waals surface area contributed by atoms with Gasteiger partial charge in [-0.1, -0.05) is 55.2 Å². The molecule has 2 aromatic rings. The van der Waals surface area contributed by atoms with Crippen molar-refractivity contribution in [3.63, 3.8) is 0 Å². The van der Waals surface area contributed by atoms with Crippen LogP contribution in [0.2, 0.25) is 0 Å². The molecule has 5 rings (SSSR count). The molecule has 0 unspecified atom stereocenters. The van der Waals surface area contributed by atoms with E-state index >= 15 is 0 Å². The van der Waals surface area contributed by atoms with Crippen molar-refractivity contribution in [3.8, 4) is 17.2 Å². The van der Waals surface area contributed by atoms with Gasteiger partial charge in [0.15, 0.2) is 7.28 Å². The van der Waals surface area contributed by atoms with E-state index in [1.165, 1.54) is 6.08 Å². The molecular weight excluding hydrogens is 618 g/mol. The van der Waals surface area contributed by atoms with E-state index in [0.29, 0.717) is 90.8 Å². The Hall–Kier alpha value is -4.85. The molecule has 2 saturated carbocycles. The Morgan fingerprint density at radius 2 is 1.22 bits per heavy atom. The summed E-state index contributed by atoms with van der Waals surface area (Å²) in [6.07, 6.45) is 12.2. The largest absolute Gasteiger partial charge is 0.427 e. The minimum Gasteiger partial charge on any atom is -0.427 e. The van der Waals surface area contributed by atoms with Crippen LogP contribution in [0, 0.1) is 23.7 Å². The molecule has 249 valence electrons. The second-order valence-electron chi connectivity index (χ2n) is 12.6. The van der Waals surface area contributed by atoms with Crippen molar-refractivity contribution in [3.05, 3.63) is 103 Å². The standard InChI is InChI=1S/C39H39B2O8/c1-4-6-8-11-29(5-2)46-36(42)25-14-20-28(21-15-25)39(45)49-32-23-22-31(33-24(3)35(40)41-34(32)33)48-38(44)27-18-16-26(17-19-27)37(43)47-30-12-9-7-10-13-30/h4-13,22-23,25-28H,1-2,14-21H2,3H3/b8-6-,29-11+. The normalized spacial score (nSPS) is 22.0. The van der Waals surface area contributed by atoms with Gasteiger partial charge in [-0.05, 0) is 100 Å². The minimum absolute atomic E-state index is 0.275. The molecule has 0 spiro atoms. The lowest BCUT2D eigenvalue weighted by atomic mass is 9.58. The predicted molar refractivity (Wildman–Crippen MR) is 188 cm³/mol. The highest BCUT2D eigenvalue weighted by molar-refractivity contribution is 6.77. The van der Waals surface area contributed by atoms with Gasteiger partial charge in [-0.3, -0.25) is 19.2 Å². The van der Waals surface area contributed by atoms with Gasteiger partial charge in [0.05, 0.1) is 31.5 Å². The third-order valence-electron chi connectivity index (χ3n) is 9.37. The molecule has 2 aliphatic carbocycles. The van der Waals surface area contributed by atoms with Gasteiger partial charge in [-0.25, -0.2) is 0 Å². The third-order valence-corrected chi connectivity index (χ3v) is 9.37. The first-order valence-corrected chi connectivity index (χ1v) is 16.7. The van der Waals surface area contributed by atoms with Gasteiger partial charge in [-0.15, -0.1) is 5.37 Å². The van der Waals surface area contributed by atoms with E-state index in [-0.39, 0.29) is 47.5 Å². The molecule has 3 radical (unpaired) electrons. The lowest BCUT2D eigenvalue weighted by molar-refractivity contribution is -0.148. The summed E-state index contributed by atoms with van der Waals surface area (Å²) >= 11 is 0. The van der Waals surface area contributed by atoms with E-state index < -0.39 is 0 Å². The summed E-state index contributed by atoms with van der Waals surface area (Å²) in [6, 6.07) is 12.2. The molecule has 0 aromatic heterocycles. The zero-order valence-corrected chi connectivity index (χ0v) is 27.7. The molecule has 1 heterocycles. The Kier molecular flexibility index (Phi) is 11.9. The fourth-order valence-corrected chi connectivity index (χ4v) is 6.47. The van der Waals surface area contributed by atoms with Crippen LogP contribution in [0.15, 0.2) is 97.1 Å². The van der Waals surface area contributed by atoms with Gasteiger partial charge in [0.2, 0.25) is 0 Å². The quantitative estimate of drug-likeness (QED) is 0.0916. The summed E-state index contributed by atoms with van der Waals surface area (Å²) in [5.74, 6) is -1.22. The van der Waals surface area contributed by atoms with Gasteiger partial charge in [0.25, 0.3) is 0 Å². The van der Waals surface area contributed by atoms with Gasteiger partial charge < -0.3 is 18.9 Å². The van der Waals surface area contributed by atoms with Crippen molar-refractivity contribution >= 4 is 50.0 Å². The number of carbonyl (C=O) groups is 4. The Labute approximate surface area is 289 Å². The zero-order chi connectivity index (χ0) is 34.9. The average molecular weight is 657 g/mol. The van der Waals surface area contributed by atoms with Crippen molar-refractivity contribution in [1.82, 2.24) is 0 Å². The molecule has 10 heteroatoms. The minimum atomic E-state index is -0.390. The lowest BCUT2D eigenvalue weighted by Gasteiger charge is -2.27.